The molecule has 1 aliphatic rings. The number of methoxy groups -OCH3 is 1. The van der Waals surface area contributed by atoms with Crippen molar-refractivity contribution < 1.29 is 9.53 Å². The molecule has 144 valence electrons. The Morgan fingerprint density at radius 3 is 2.19 bits per heavy atom. The van der Waals surface area contributed by atoms with E-state index in [0.717, 1.165) is 38.2 Å². The molecule has 1 fully saturated rings. The highest BCUT2D eigenvalue weighted by atomic mass is 16.5. The molecule has 2 aromatic carbocycles. The third kappa shape index (κ3) is 4.57. The molecule has 1 amide bonds. The molecular formula is C23H30N2O2. The third-order valence-electron chi connectivity index (χ3n) is 5.49. The van der Waals surface area contributed by atoms with Crippen LogP contribution < -0.4 is 4.90 Å². The zero-order valence-corrected chi connectivity index (χ0v) is 16.4. The molecule has 0 unspecified atom stereocenters. The van der Waals surface area contributed by atoms with Crippen LogP contribution in [0.4, 0.5) is 5.69 Å². The molecule has 4 heteroatoms. The van der Waals surface area contributed by atoms with Crippen LogP contribution in [0, 0.1) is 0 Å². The monoisotopic (exact) mass is 366 g/mol. The quantitative estimate of drug-likeness (QED) is 0.739. The van der Waals surface area contributed by atoms with Gasteiger partial charge in [-0.15, -0.1) is 0 Å². The van der Waals surface area contributed by atoms with Gasteiger partial charge in [-0.05, 0) is 30.5 Å². The number of benzene rings is 2. The number of rotatable bonds is 7. The van der Waals surface area contributed by atoms with Gasteiger partial charge < -0.3 is 9.64 Å². The predicted molar refractivity (Wildman–Crippen MR) is 110 cm³/mol. The summed E-state index contributed by atoms with van der Waals surface area (Å²) < 4.78 is 5.62. The van der Waals surface area contributed by atoms with Crippen LogP contribution in [0.15, 0.2) is 60.7 Å². The molecule has 4 nitrogen and oxygen atoms in total. The Bertz CT molecular complexity index is 710. The van der Waals surface area contributed by atoms with Crippen molar-refractivity contribution in [2.45, 2.75) is 38.3 Å². The number of piperidine rings is 1. The van der Waals surface area contributed by atoms with Gasteiger partial charge in [0, 0.05) is 38.9 Å². The number of para-hydroxylation sites is 1. The normalized spacial score (nSPS) is 16.8. The summed E-state index contributed by atoms with van der Waals surface area (Å²) in [6.45, 7) is 5.37. The number of anilines is 1. The molecule has 3 rings (SSSR count). The van der Waals surface area contributed by atoms with Gasteiger partial charge in [0.15, 0.2) is 0 Å². The fraction of sp³-hybridized carbons (Fsp3) is 0.435. The zero-order valence-electron chi connectivity index (χ0n) is 16.4. The molecule has 27 heavy (non-hydrogen) atoms. The molecule has 0 atom stereocenters. The molecule has 1 aliphatic heterocycles. The Morgan fingerprint density at radius 2 is 1.63 bits per heavy atom. The van der Waals surface area contributed by atoms with E-state index < -0.39 is 0 Å². The third-order valence-corrected chi connectivity index (χ3v) is 5.49. The molecule has 1 saturated heterocycles. The standard InChI is InChI=1S/C23H30N2O2/c1-3-22(26)25(21-12-8-5-9-13-21)23(19-27-2)14-16-24(17-15-23)18-20-10-6-4-7-11-20/h4-13H,3,14-19H2,1-2H3. The maximum absolute atomic E-state index is 12.9. The average molecular weight is 367 g/mol. The Kier molecular flexibility index (Phi) is 6.64. The number of carbonyl (C=O) groups is 1. The molecule has 0 spiro atoms. The highest BCUT2D eigenvalue weighted by Crippen LogP contribution is 2.34. The Balaban J connectivity index is 1.80. The van der Waals surface area contributed by atoms with Crippen LogP contribution >= 0.6 is 0 Å². The summed E-state index contributed by atoms with van der Waals surface area (Å²) in [6, 6.07) is 20.6. The van der Waals surface area contributed by atoms with Crippen molar-refractivity contribution in [3.8, 4) is 0 Å². The second kappa shape index (κ2) is 9.16. The van der Waals surface area contributed by atoms with E-state index in [2.05, 4.69) is 35.2 Å². The fourth-order valence-electron chi connectivity index (χ4n) is 4.09. The van der Waals surface area contributed by atoms with Gasteiger partial charge in [-0.25, -0.2) is 0 Å². The molecule has 0 N–H and O–H groups in total. The Hall–Kier alpha value is -2.17. The summed E-state index contributed by atoms with van der Waals surface area (Å²) in [7, 11) is 1.73. The van der Waals surface area contributed by atoms with Crippen LogP contribution in [0.25, 0.3) is 0 Å². The lowest BCUT2D eigenvalue weighted by molar-refractivity contribution is -0.120. The summed E-state index contributed by atoms with van der Waals surface area (Å²) in [5.74, 6) is 0.162. The predicted octanol–water partition coefficient (Wildman–Crippen LogP) is 4.11. The van der Waals surface area contributed by atoms with E-state index in [1.807, 2.05) is 42.2 Å². The van der Waals surface area contributed by atoms with Crippen molar-refractivity contribution in [3.05, 3.63) is 66.2 Å². The summed E-state index contributed by atoms with van der Waals surface area (Å²) in [5, 5.41) is 0. The van der Waals surface area contributed by atoms with Gasteiger partial charge >= 0.3 is 0 Å². The highest BCUT2D eigenvalue weighted by Gasteiger charge is 2.42. The fourth-order valence-corrected chi connectivity index (χ4v) is 4.09. The molecule has 0 saturated carbocycles. The average Bonchev–Trinajstić information content (AvgIpc) is 2.71. The van der Waals surface area contributed by atoms with E-state index in [4.69, 9.17) is 4.74 Å². The molecule has 0 aliphatic carbocycles. The van der Waals surface area contributed by atoms with E-state index >= 15 is 0 Å². The topological polar surface area (TPSA) is 32.8 Å². The van der Waals surface area contributed by atoms with Crippen molar-refractivity contribution in [2.24, 2.45) is 0 Å². The number of hydrogen-bond acceptors (Lipinski definition) is 3. The van der Waals surface area contributed by atoms with Gasteiger partial charge in [0.2, 0.25) is 5.91 Å². The van der Waals surface area contributed by atoms with E-state index in [1.165, 1.54) is 5.56 Å². The number of likely N-dealkylation sites (tertiary alicyclic amines) is 1. The molecule has 0 bridgehead atoms. The zero-order chi connectivity index (χ0) is 19.1. The second-order valence-electron chi connectivity index (χ2n) is 7.34. The lowest BCUT2D eigenvalue weighted by Gasteiger charge is -2.48. The first-order chi connectivity index (χ1) is 13.2. The Morgan fingerprint density at radius 1 is 1.04 bits per heavy atom. The van der Waals surface area contributed by atoms with Crippen LogP contribution in [0.1, 0.15) is 31.7 Å². The summed E-state index contributed by atoms with van der Waals surface area (Å²) in [6.07, 6.45) is 2.32. The molecule has 1 heterocycles. The van der Waals surface area contributed by atoms with Crippen LogP contribution in [-0.2, 0) is 16.1 Å². The number of amides is 1. The van der Waals surface area contributed by atoms with Crippen LogP contribution in [0.5, 0.6) is 0 Å². The summed E-state index contributed by atoms with van der Waals surface area (Å²) >= 11 is 0. The first kappa shape index (κ1) is 19.6. The summed E-state index contributed by atoms with van der Waals surface area (Å²) in [5.41, 5.74) is 2.02. The lowest BCUT2D eigenvalue weighted by atomic mass is 9.85. The number of hydrogen-bond donors (Lipinski definition) is 0. The van der Waals surface area contributed by atoms with Gasteiger partial charge in [-0.2, -0.15) is 0 Å². The van der Waals surface area contributed by atoms with E-state index in [9.17, 15) is 4.79 Å². The molecular weight excluding hydrogens is 336 g/mol. The van der Waals surface area contributed by atoms with Gasteiger partial charge in [-0.1, -0.05) is 55.5 Å². The molecule has 0 radical (unpaired) electrons. The van der Waals surface area contributed by atoms with Crippen molar-refractivity contribution in [1.29, 1.82) is 0 Å². The largest absolute Gasteiger partial charge is 0.382 e. The van der Waals surface area contributed by atoms with Crippen molar-refractivity contribution in [1.82, 2.24) is 4.90 Å². The van der Waals surface area contributed by atoms with Gasteiger partial charge in [-0.3, -0.25) is 9.69 Å². The van der Waals surface area contributed by atoms with Crippen molar-refractivity contribution >= 4 is 11.6 Å². The minimum Gasteiger partial charge on any atom is -0.382 e. The SMILES string of the molecule is CCC(=O)N(c1ccccc1)C1(COC)CCN(Cc2ccccc2)CC1. The van der Waals surface area contributed by atoms with Gasteiger partial charge in [0.25, 0.3) is 0 Å². The maximum atomic E-state index is 12.9. The van der Waals surface area contributed by atoms with Crippen LogP contribution in [0.2, 0.25) is 0 Å². The first-order valence-corrected chi connectivity index (χ1v) is 9.82. The van der Waals surface area contributed by atoms with Crippen LogP contribution in [-0.4, -0.2) is 43.2 Å². The van der Waals surface area contributed by atoms with Gasteiger partial charge in [0.1, 0.15) is 0 Å². The highest BCUT2D eigenvalue weighted by molar-refractivity contribution is 5.94. The lowest BCUT2D eigenvalue weighted by Crippen LogP contribution is -2.60. The van der Waals surface area contributed by atoms with Crippen molar-refractivity contribution in [2.75, 3.05) is 31.7 Å². The number of carbonyl (C=O) groups excluding carboxylic acids is 1. The molecule has 2 aromatic rings. The minimum atomic E-state index is -0.281. The number of nitrogens with zero attached hydrogens (tertiary/aromatic N) is 2. The van der Waals surface area contributed by atoms with E-state index in [-0.39, 0.29) is 11.4 Å². The smallest absolute Gasteiger partial charge is 0.227 e. The van der Waals surface area contributed by atoms with Crippen LogP contribution in [0.3, 0.4) is 0 Å². The second-order valence-corrected chi connectivity index (χ2v) is 7.34. The number of ether oxygens (including phenoxy) is 1. The van der Waals surface area contributed by atoms with E-state index in [0.29, 0.717) is 13.0 Å². The molecule has 0 aromatic heterocycles. The van der Waals surface area contributed by atoms with Crippen molar-refractivity contribution in [3.63, 3.8) is 0 Å². The van der Waals surface area contributed by atoms with E-state index in [1.54, 1.807) is 7.11 Å². The Labute approximate surface area is 162 Å². The first-order valence-electron chi connectivity index (χ1n) is 9.82. The minimum absolute atomic E-state index is 0.162. The van der Waals surface area contributed by atoms with Gasteiger partial charge in [0.05, 0.1) is 12.1 Å². The maximum Gasteiger partial charge on any atom is 0.227 e. The summed E-state index contributed by atoms with van der Waals surface area (Å²) in [4.78, 5) is 17.4.